The molecule has 2 aromatic carbocycles. The molecule has 1 spiro atoms. The second kappa shape index (κ2) is 8.87. The summed E-state index contributed by atoms with van der Waals surface area (Å²) in [6.45, 7) is 2.39. The number of nitrogens with zero attached hydrogens (tertiary/aromatic N) is 3. The zero-order valence-corrected chi connectivity index (χ0v) is 19.0. The molecule has 1 aromatic heterocycles. The van der Waals surface area contributed by atoms with Crippen molar-refractivity contribution in [1.29, 1.82) is 0 Å². The van der Waals surface area contributed by atoms with Crippen molar-refractivity contribution in [1.82, 2.24) is 14.8 Å². The van der Waals surface area contributed by atoms with Crippen LogP contribution in [-0.4, -0.2) is 52.9 Å². The minimum atomic E-state index is -4.41. The van der Waals surface area contributed by atoms with Crippen molar-refractivity contribution >= 4 is 28.5 Å². The number of nitrogens with one attached hydrogen (secondary N) is 1. The van der Waals surface area contributed by atoms with Gasteiger partial charge in [-0.1, -0.05) is 18.2 Å². The largest absolute Gasteiger partial charge is 0.416 e. The third kappa shape index (κ3) is 4.67. The molecule has 5 rings (SSSR count). The number of fused-ring (bicyclic) bond motifs is 1. The van der Waals surface area contributed by atoms with E-state index in [-0.39, 0.29) is 17.4 Å². The first-order valence-electron chi connectivity index (χ1n) is 11.6. The van der Waals surface area contributed by atoms with E-state index in [0.29, 0.717) is 37.4 Å². The molecule has 1 N–H and O–H groups in total. The number of hydrogen-bond donors (Lipinski definition) is 1. The van der Waals surface area contributed by atoms with Gasteiger partial charge in [0.05, 0.1) is 16.6 Å². The van der Waals surface area contributed by atoms with Gasteiger partial charge in [0.25, 0.3) is 5.91 Å². The molecule has 6 nitrogen and oxygen atoms in total. The highest BCUT2D eigenvalue weighted by atomic mass is 19.4. The van der Waals surface area contributed by atoms with E-state index < -0.39 is 11.7 Å². The minimum absolute atomic E-state index is 0.00273. The van der Waals surface area contributed by atoms with Crippen molar-refractivity contribution in [2.45, 2.75) is 25.4 Å². The predicted molar refractivity (Wildman–Crippen MR) is 126 cm³/mol. The fraction of sp³-hybridized carbons (Fsp3) is 0.346. The highest BCUT2D eigenvalue weighted by Crippen LogP contribution is 2.41. The van der Waals surface area contributed by atoms with Crippen molar-refractivity contribution in [2.75, 3.05) is 31.5 Å². The number of pyridine rings is 1. The van der Waals surface area contributed by atoms with Gasteiger partial charge in [0.2, 0.25) is 0 Å². The molecule has 35 heavy (non-hydrogen) atoms. The Labute approximate surface area is 200 Å². The van der Waals surface area contributed by atoms with Crippen molar-refractivity contribution in [3.05, 3.63) is 71.9 Å². The van der Waals surface area contributed by atoms with E-state index in [0.717, 1.165) is 42.3 Å². The number of urea groups is 1. The first kappa shape index (κ1) is 23.1. The van der Waals surface area contributed by atoms with Crippen LogP contribution in [-0.2, 0) is 6.18 Å². The molecule has 2 aliphatic rings. The minimum Gasteiger partial charge on any atom is -0.338 e. The third-order valence-corrected chi connectivity index (χ3v) is 7.18. The lowest BCUT2D eigenvalue weighted by molar-refractivity contribution is -0.137. The Hall–Kier alpha value is -3.62. The average Bonchev–Trinajstić information content (AvgIpc) is 3.27. The van der Waals surface area contributed by atoms with Crippen LogP contribution < -0.4 is 5.32 Å². The Kier molecular flexibility index (Phi) is 5.86. The van der Waals surface area contributed by atoms with Crippen molar-refractivity contribution in [3.8, 4) is 0 Å². The number of amides is 3. The summed E-state index contributed by atoms with van der Waals surface area (Å²) >= 11 is 0. The average molecular weight is 483 g/mol. The molecular weight excluding hydrogens is 457 g/mol. The van der Waals surface area contributed by atoms with E-state index in [1.165, 1.54) is 12.1 Å². The highest BCUT2D eigenvalue weighted by Gasteiger charge is 2.43. The number of piperidine rings is 1. The van der Waals surface area contributed by atoms with Crippen molar-refractivity contribution in [2.24, 2.45) is 5.41 Å². The molecule has 2 aliphatic heterocycles. The van der Waals surface area contributed by atoms with E-state index in [1.54, 1.807) is 17.2 Å². The van der Waals surface area contributed by atoms with Crippen LogP contribution in [0.15, 0.2) is 60.8 Å². The molecule has 0 aliphatic carbocycles. The van der Waals surface area contributed by atoms with Gasteiger partial charge in [0.15, 0.2) is 0 Å². The number of likely N-dealkylation sites (tertiary alicyclic amines) is 2. The number of carbonyl (C=O) groups is 2. The molecule has 3 amide bonds. The molecule has 0 bridgehead atoms. The van der Waals surface area contributed by atoms with Crippen LogP contribution in [0.3, 0.4) is 0 Å². The van der Waals surface area contributed by atoms with Gasteiger partial charge in [0, 0.05) is 43.4 Å². The van der Waals surface area contributed by atoms with Gasteiger partial charge in [-0.3, -0.25) is 9.78 Å². The lowest BCUT2D eigenvalue weighted by atomic mass is 9.78. The van der Waals surface area contributed by atoms with Crippen LogP contribution in [0.5, 0.6) is 0 Å². The molecule has 182 valence electrons. The summed E-state index contributed by atoms with van der Waals surface area (Å²) in [6, 6.07) is 13.5. The number of benzene rings is 2. The van der Waals surface area contributed by atoms with Crippen LogP contribution in [0.25, 0.3) is 10.9 Å². The molecule has 0 saturated carbocycles. The number of para-hydroxylation sites is 1. The van der Waals surface area contributed by atoms with Gasteiger partial charge in [-0.05, 0) is 61.1 Å². The number of hydrogen-bond acceptors (Lipinski definition) is 3. The summed E-state index contributed by atoms with van der Waals surface area (Å²) < 4.78 is 38.2. The van der Waals surface area contributed by atoms with Gasteiger partial charge in [-0.2, -0.15) is 13.2 Å². The second-order valence-electron chi connectivity index (χ2n) is 9.34. The molecule has 0 atom stereocenters. The van der Waals surface area contributed by atoms with Crippen LogP contribution in [0.4, 0.5) is 23.7 Å². The summed E-state index contributed by atoms with van der Waals surface area (Å²) in [6.07, 6.45) is -0.321. The van der Waals surface area contributed by atoms with Gasteiger partial charge >= 0.3 is 12.2 Å². The standard InChI is InChI=1S/C26H25F3N4O2/c27-26(28,29)18-5-7-19(8-6-18)31-24(35)32-14-10-25(11-15-32)12-16-33(17-25)23(34)21-9-13-30-22-4-2-1-3-20(21)22/h1-9,13H,10-12,14-17H2,(H,31,35). The summed E-state index contributed by atoms with van der Waals surface area (Å²) in [7, 11) is 0. The maximum Gasteiger partial charge on any atom is 0.416 e. The molecule has 0 unspecified atom stereocenters. The summed E-state index contributed by atoms with van der Waals surface area (Å²) in [4.78, 5) is 33.9. The van der Waals surface area contributed by atoms with Gasteiger partial charge in [-0.25, -0.2) is 4.79 Å². The number of carbonyl (C=O) groups excluding carboxylic acids is 2. The Bertz CT molecular complexity index is 1250. The molecule has 2 saturated heterocycles. The van der Waals surface area contributed by atoms with Crippen molar-refractivity contribution < 1.29 is 22.8 Å². The van der Waals surface area contributed by atoms with Gasteiger partial charge in [-0.15, -0.1) is 0 Å². The van der Waals surface area contributed by atoms with Gasteiger partial charge in [0.1, 0.15) is 0 Å². The first-order valence-corrected chi connectivity index (χ1v) is 11.6. The second-order valence-corrected chi connectivity index (χ2v) is 9.34. The number of rotatable bonds is 2. The Morgan fingerprint density at radius 3 is 2.23 bits per heavy atom. The highest BCUT2D eigenvalue weighted by molar-refractivity contribution is 6.06. The van der Waals surface area contributed by atoms with Gasteiger partial charge < -0.3 is 15.1 Å². The lowest BCUT2D eigenvalue weighted by Gasteiger charge is -2.39. The van der Waals surface area contributed by atoms with Crippen molar-refractivity contribution in [3.63, 3.8) is 0 Å². The van der Waals surface area contributed by atoms with E-state index in [1.807, 2.05) is 29.2 Å². The number of alkyl halides is 3. The number of anilines is 1. The quantitative estimate of drug-likeness (QED) is 0.531. The lowest BCUT2D eigenvalue weighted by Crippen LogP contribution is -2.46. The van der Waals surface area contributed by atoms with E-state index in [9.17, 15) is 22.8 Å². The maximum atomic E-state index is 13.3. The normalized spacial score (nSPS) is 17.7. The SMILES string of the molecule is O=C(Nc1ccc(C(F)(F)F)cc1)N1CCC2(CC1)CCN(C(=O)c1ccnc3ccccc13)C2. The molecule has 3 heterocycles. The number of aromatic nitrogens is 1. The fourth-order valence-corrected chi connectivity index (χ4v) is 5.10. The molecule has 3 aromatic rings. The monoisotopic (exact) mass is 482 g/mol. The number of halogens is 3. The summed E-state index contributed by atoms with van der Waals surface area (Å²) in [5, 5.41) is 3.53. The Balaban J connectivity index is 1.19. The molecule has 0 radical (unpaired) electrons. The van der Waals surface area contributed by atoms with Crippen LogP contribution in [0, 0.1) is 5.41 Å². The van der Waals surface area contributed by atoms with Crippen LogP contribution in [0.1, 0.15) is 35.2 Å². The fourth-order valence-electron chi connectivity index (χ4n) is 5.10. The maximum absolute atomic E-state index is 13.3. The third-order valence-electron chi connectivity index (χ3n) is 7.18. The predicted octanol–water partition coefficient (Wildman–Crippen LogP) is 5.41. The summed E-state index contributed by atoms with van der Waals surface area (Å²) in [5.74, 6) is 0.00273. The first-order chi connectivity index (χ1) is 16.7. The van der Waals surface area contributed by atoms with E-state index >= 15 is 0 Å². The zero-order chi connectivity index (χ0) is 24.6. The van der Waals surface area contributed by atoms with E-state index in [4.69, 9.17) is 0 Å². The van der Waals surface area contributed by atoms with E-state index in [2.05, 4.69) is 10.3 Å². The smallest absolute Gasteiger partial charge is 0.338 e. The topological polar surface area (TPSA) is 65.5 Å². The van der Waals surface area contributed by atoms with Crippen LogP contribution >= 0.6 is 0 Å². The van der Waals surface area contributed by atoms with Crippen LogP contribution in [0.2, 0.25) is 0 Å². The zero-order valence-electron chi connectivity index (χ0n) is 19.0. The Morgan fingerprint density at radius 1 is 0.886 bits per heavy atom. The summed E-state index contributed by atoms with van der Waals surface area (Å²) in [5.41, 5.74) is 0.991. The Morgan fingerprint density at radius 2 is 1.54 bits per heavy atom. The molecule has 9 heteroatoms. The molecule has 2 fully saturated rings. The molecular formula is C26H25F3N4O2.